The zero-order valence-electron chi connectivity index (χ0n) is 10.1. The van der Waals surface area contributed by atoms with Gasteiger partial charge in [-0.3, -0.25) is 4.99 Å². The van der Waals surface area contributed by atoms with Crippen molar-refractivity contribution >= 4 is 22.5 Å². The highest BCUT2D eigenvalue weighted by atomic mass is 15.2. The number of aromatic amines is 1. The third kappa shape index (κ3) is 1.65. The van der Waals surface area contributed by atoms with E-state index in [-0.39, 0.29) is 0 Å². The Morgan fingerprint density at radius 2 is 2.18 bits per heavy atom. The van der Waals surface area contributed by atoms with Gasteiger partial charge in [0.2, 0.25) is 0 Å². The van der Waals surface area contributed by atoms with E-state index in [9.17, 15) is 0 Å². The number of aromatic nitrogens is 1. The van der Waals surface area contributed by atoms with Crippen LogP contribution in [-0.2, 0) is 0 Å². The quantitative estimate of drug-likeness (QED) is 0.700. The summed E-state index contributed by atoms with van der Waals surface area (Å²) in [6.45, 7) is 6.02. The van der Waals surface area contributed by atoms with Gasteiger partial charge >= 0.3 is 0 Å². The minimum absolute atomic E-state index is 0.851. The van der Waals surface area contributed by atoms with Gasteiger partial charge in [0.25, 0.3) is 0 Å². The summed E-state index contributed by atoms with van der Waals surface area (Å²) in [6.07, 6.45) is 1.98. The lowest BCUT2D eigenvalue weighted by Gasteiger charge is -2.12. The number of aryl methyl sites for hydroxylation is 2. The topological polar surface area (TPSA) is 52.2 Å². The van der Waals surface area contributed by atoms with Crippen molar-refractivity contribution in [1.29, 1.82) is 0 Å². The van der Waals surface area contributed by atoms with Gasteiger partial charge in [-0.1, -0.05) is 6.07 Å². The molecular weight excluding hydrogens is 212 g/mol. The molecule has 1 aromatic carbocycles. The zero-order valence-corrected chi connectivity index (χ0v) is 10.1. The normalized spacial score (nSPS) is 14.8. The van der Waals surface area contributed by atoms with Crippen LogP contribution >= 0.6 is 0 Å². The number of nitrogens with one attached hydrogen (secondary N) is 3. The Balaban J connectivity index is 2.11. The molecule has 0 atom stereocenters. The van der Waals surface area contributed by atoms with E-state index < -0.39 is 0 Å². The van der Waals surface area contributed by atoms with Gasteiger partial charge in [0, 0.05) is 18.1 Å². The number of hydrogen-bond acceptors (Lipinski definition) is 3. The molecule has 88 valence electrons. The van der Waals surface area contributed by atoms with E-state index in [0.29, 0.717) is 0 Å². The van der Waals surface area contributed by atoms with Gasteiger partial charge in [-0.2, -0.15) is 0 Å². The molecule has 0 amide bonds. The molecule has 2 heterocycles. The molecule has 0 unspecified atom stereocenters. The van der Waals surface area contributed by atoms with E-state index >= 15 is 0 Å². The van der Waals surface area contributed by atoms with E-state index in [0.717, 1.165) is 24.7 Å². The van der Waals surface area contributed by atoms with Crippen molar-refractivity contribution in [3.63, 3.8) is 0 Å². The third-order valence-electron chi connectivity index (χ3n) is 3.16. The number of nitrogens with zero attached hydrogens (tertiary/aromatic N) is 1. The molecule has 2 aromatic rings. The molecule has 0 aliphatic carbocycles. The van der Waals surface area contributed by atoms with E-state index in [1.54, 1.807) is 0 Å². The first-order valence-corrected chi connectivity index (χ1v) is 5.88. The number of fused-ring (bicyclic) bond motifs is 1. The van der Waals surface area contributed by atoms with Crippen molar-refractivity contribution in [2.75, 3.05) is 18.4 Å². The lowest BCUT2D eigenvalue weighted by Crippen LogP contribution is -2.26. The van der Waals surface area contributed by atoms with Crippen LogP contribution in [0.4, 0.5) is 5.69 Å². The Kier molecular flexibility index (Phi) is 2.28. The average molecular weight is 228 g/mol. The Labute approximate surface area is 100 Å². The molecule has 0 radical (unpaired) electrons. The first-order valence-electron chi connectivity index (χ1n) is 5.88. The van der Waals surface area contributed by atoms with Crippen LogP contribution in [0.2, 0.25) is 0 Å². The van der Waals surface area contributed by atoms with Crippen molar-refractivity contribution in [3.05, 3.63) is 29.5 Å². The van der Waals surface area contributed by atoms with Gasteiger partial charge in [-0.05, 0) is 31.0 Å². The highest BCUT2D eigenvalue weighted by molar-refractivity contribution is 6.05. The van der Waals surface area contributed by atoms with Gasteiger partial charge in [0.15, 0.2) is 5.96 Å². The van der Waals surface area contributed by atoms with Crippen LogP contribution in [0.15, 0.2) is 23.3 Å². The highest BCUT2D eigenvalue weighted by Crippen LogP contribution is 2.29. The van der Waals surface area contributed by atoms with E-state index in [2.05, 4.69) is 46.6 Å². The van der Waals surface area contributed by atoms with E-state index in [1.165, 1.54) is 22.0 Å². The van der Waals surface area contributed by atoms with Crippen LogP contribution in [0.25, 0.3) is 10.9 Å². The molecular formula is C13H16N4. The molecule has 0 saturated carbocycles. The summed E-state index contributed by atoms with van der Waals surface area (Å²) in [7, 11) is 0. The summed E-state index contributed by atoms with van der Waals surface area (Å²) in [6, 6.07) is 4.30. The maximum Gasteiger partial charge on any atom is 0.195 e. The maximum absolute atomic E-state index is 4.37. The Morgan fingerprint density at radius 1 is 1.29 bits per heavy atom. The van der Waals surface area contributed by atoms with Crippen LogP contribution in [0.1, 0.15) is 11.1 Å². The molecule has 1 aliphatic rings. The molecule has 3 N–H and O–H groups in total. The third-order valence-corrected chi connectivity index (χ3v) is 3.16. The fourth-order valence-electron chi connectivity index (χ4n) is 2.35. The van der Waals surface area contributed by atoms with Crippen molar-refractivity contribution in [2.24, 2.45) is 4.99 Å². The molecule has 17 heavy (non-hydrogen) atoms. The number of rotatable bonds is 1. The lowest BCUT2D eigenvalue weighted by molar-refractivity contribution is 0.959. The second-order valence-corrected chi connectivity index (χ2v) is 4.43. The largest absolute Gasteiger partial charge is 0.361 e. The highest BCUT2D eigenvalue weighted by Gasteiger charge is 2.11. The molecule has 4 nitrogen and oxygen atoms in total. The maximum atomic E-state index is 4.37. The Hall–Kier alpha value is -1.97. The summed E-state index contributed by atoms with van der Waals surface area (Å²) in [5.41, 5.74) is 4.84. The standard InChI is InChI=1S/C13H16N4/c1-8-7-9(2)12(10-3-4-14-11(8)10)17-13-15-5-6-16-13/h3-4,7,14H,5-6H2,1-2H3,(H2,15,16,17). The van der Waals surface area contributed by atoms with E-state index in [1.807, 2.05) is 6.20 Å². The van der Waals surface area contributed by atoms with Crippen molar-refractivity contribution in [2.45, 2.75) is 13.8 Å². The minimum Gasteiger partial charge on any atom is -0.361 e. The SMILES string of the molecule is Cc1cc(C)c2[nH]ccc2c1NC1=NCCN1. The molecule has 4 heteroatoms. The fourth-order valence-corrected chi connectivity index (χ4v) is 2.35. The van der Waals surface area contributed by atoms with E-state index in [4.69, 9.17) is 0 Å². The predicted molar refractivity (Wildman–Crippen MR) is 71.7 cm³/mol. The number of aliphatic imine (C=N–C) groups is 1. The summed E-state index contributed by atoms with van der Waals surface area (Å²) >= 11 is 0. The molecule has 0 saturated heterocycles. The van der Waals surface area contributed by atoms with Gasteiger partial charge in [-0.15, -0.1) is 0 Å². The first kappa shape index (κ1) is 10.2. The summed E-state index contributed by atoms with van der Waals surface area (Å²) in [5.74, 6) is 0.874. The van der Waals surface area contributed by atoms with Gasteiger partial charge in [-0.25, -0.2) is 0 Å². The van der Waals surface area contributed by atoms with Gasteiger partial charge in [0.1, 0.15) is 0 Å². The number of anilines is 1. The molecule has 0 fully saturated rings. The molecule has 1 aliphatic heterocycles. The number of benzene rings is 1. The van der Waals surface area contributed by atoms with Crippen LogP contribution in [-0.4, -0.2) is 24.0 Å². The lowest BCUT2D eigenvalue weighted by atomic mass is 10.1. The Bertz CT molecular complexity index is 595. The van der Waals surface area contributed by atoms with Gasteiger partial charge in [0.05, 0.1) is 17.7 Å². The van der Waals surface area contributed by atoms with Crippen LogP contribution in [0.5, 0.6) is 0 Å². The minimum atomic E-state index is 0.851. The molecule has 3 rings (SSSR count). The number of H-pyrrole nitrogens is 1. The molecule has 1 aromatic heterocycles. The summed E-state index contributed by atoms with van der Waals surface area (Å²) in [4.78, 5) is 7.65. The van der Waals surface area contributed by atoms with Crippen molar-refractivity contribution in [1.82, 2.24) is 10.3 Å². The smallest absolute Gasteiger partial charge is 0.195 e. The van der Waals surface area contributed by atoms with Crippen molar-refractivity contribution in [3.8, 4) is 0 Å². The van der Waals surface area contributed by atoms with Crippen LogP contribution < -0.4 is 10.6 Å². The molecule has 0 bridgehead atoms. The summed E-state index contributed by atoms with van der Waals surface area (Å²) < 4.78 is 0. The summed E-state index contributed by atoms with van der Waals surface area (Å²) in [5, 5.41) is 7.84. The van der Waals surface area contributed by atoms with Crippen LogP contribution in [0.3, 0.4) is 0 Å². The average Bonchev–Trinajstić information content (AvgIpc) is 2.95. The predicted octanol–water partition coefficient (Wildman–Crippen LogP) is 2.16. The van der Waals surface area contributed by atoms with Crippen molar-refractivity contribution < 1.29 is 0 Å². The fraction of sp³-hybridized carbons (Fsp3) is 0.308. The second-order valence-electron chi connectivity index (χ2n) is 4.43. The second kappa shape index (κ2) is 3.80. The zero-order chi connectivity index (χ0) is 11.8. The first-order chi connectivity index (χ1) is 8.25. The number of guanidine groups is 1. The monoisotopic (exact) mass is 228 g/mol. The molecule has 0 spiro atoms. The van der Waals surface area contributed by atoms with Crippen LogP contribution in [0, 0.1) is 13.8 Å². The van der Waals surface area contributed by atoms with Gasteiger partial charge < -0.3 is 15.6 Å². The Morgan fingerprint density at radius 3 is 2.94 bits per heavy atom. The number of hydrogen-bond donors (Lipinski definition) is 3.